The SMILES string of the molecule is O=C(CCC1CCNCC1)NC1CCCc2cn[nH]c21. The lowest BCUT2D eigenvalue weighted by atomic mass is 9.92. The minimum Gasteiger partial charge on any atom is -0.348 e. The normalized spacial score (nSPS) is 23.3. The lowest BCUT2D eigenvalue weighted by Gasteiger charge is -2.24. The summed E-state index contributed by atoms with van der Waals surface area (Å²) >= 11 is 0. The zero-order valence-corrected chi connectivity index (χ0v) is 12.0. The molecule has 1 aliphatic carbocycles. The molecule has 3 rings (SSSR count). The van der Waals surface area contributed by atoms with Gasteiger partial charge in [0.2, 0.25) is 5.91 Å². The highest BCUT2D eigenvalue weighted by atomic mass is 16.1. The van der Waals surface area contributed by atoms with Gasteiger partial charge in [0.1, 0.15) is 0 Å². The van der Waals surface area contributed by atoms with Gasteiger partial charge in [-0.25, -0.2) is 0 Å². The van der Waals surface area contributed by atoms with Crippen LogP contribution in [0.25, 0.3) is 0 Å². The van der Waals surface area contributed by atoms with Gasteiger partial charge < -0.3 is 10.6 Å². The minimum absolute atomic E-state index is 0.141. The van der Waals surface area contributed by atoms with Crippen molar-refractivity contribution < 1.29 is 4.79 Å². The number of carbonyl (C=O) groups excluding carboxylic acids is 1. The lowest BCUT2D eigenvalue weighted by molar-refractivity contribution is -0.122. The maximum Gasteiger partial charge on any atom is 0.220 e. The first-order valence-electron chi connectivity index (χ1n) is 7.85. The van der Waals surface area contributed by atoms with Crippen molar-refractivity contribution in [1.82, 2.24) is 20.8 Å². The average molecular weight is 276 g/mol. The molecule has 1 atom stereocenters. The summed E-state index contributed by atoms with van der Waals surface area (Å²) in [4.78, 5) is 12.1. The largest absolute Gasteiger partial charge is 0.348 e. The van der Waals surface area contributed by atoms with Gasteiger partial charge in [0.05, 0.1) is 17.9 Å². The lowest BCUT2D eigenvalue weighted by Crippen LogP contribution is -2.32. The monoisotopic (exact) mass is 276 g/mol. The van der Waals surface area contributed by atoms with Crippen LogP contribution >= 0.6 is 0 Å². The molecule has 1 fully saturated rings. The number of aryl methyl sites for hydroxylation is 1. The number of aromatic amines is 1. The summed E-state index contributed by atoms with van der Waals surface area (Å²) in [6.45, 7) is 2.21. The second-order valence-corrected chi connectivity index (χ2v) is 6.05. The van der Waals surface area contributed by atoms with E-state index in [1.807, 2.05) is 6.20 Å². The molecule has 0 spiro atoms. The van der Waals surface area contributed by atoms with Crippen molar-refractivity contribution in [2.45, 2.75) is 51.0 Å². The second kappa shape index (κ2) is 6.39. The molecule has 110 valence electrons. The van der Waals surface area contributed by atoms with Gasteiger partial charge >= 0.3 is 0 Å². The molecule has 2 aliphatic rings. The number of H-pyrrole nitrogens is 1. The van der Waals surface area contributed by atoms with E-state index in [0.29, 0.717) is 6.42 Å². The molecule has 3 N–H and O–H groups in total. The zero-order chi connectivity index (χ0) is 13.8. The molecule has 1 aromatic rings. The van der Waals surface area contributed by atoms with Crippen LogP contribution in [0.5, 0.6) is 0 Å². The van der Waals surface area contributed by atoms with Gasteiger partial charge in [-0.3, -0.25) is 9.89 Å². The summed E-state index contributed by atoms with van der Waals surface area (Å²) < 4.78 is 0. The Morgan fingerprint density at radius 2 is 2.20 bits per heavy atom. The Labute approximate surface area is 119 Å². The number of nitrogens with one attached hydrogen (secondary N) is 3. The number of hydrogen-bond acceptors (Lipinski definition) is 3. The summed E-state index contributed by atoms with van der Waals surface area (Å²) in [6.07, 6.45) is 9.22. The Morgan fingerprint density at radius 1 is 1.35 bits per heavy atom. The number of piperidine rings is 1. The van der Waals surface area contributed by atoms with E-state index in [9.17, 15) is 4.79 Å². The van der Waals surface area contributed by atoms with Crippen molar-refractivity contribution in [2.24, 2.45) is 5.92 Å². The van der Waals surface area contributed by atoms with Gasteiger partial charge in [-0.2, -0.15) is 5.10 Å². The maximum atomic E-state index is 12.1. The summed E-state index contributed by atoms with van der Waals surface area (Å²) in [5.74, 6) is 0.909. The molecule has 2 heterocycles. The minimum atomic E-state index is 0.141. The van der Waals surface area contributed by atoms with Crippen LogP contribution in [0.3, 0.4) is 0 Å². The molecule has 0 radical (unpaired) electrons. The van der Waals surface area contributed by atoms with Gasteiger partial charge in [-0.1, -0.05) is 0 Å². The summed E-state index contributed by atoms with van der Waals surface area (Å²) in [5, 5.41) is 13.7. The van der Waals surface area contributed by atoms with E-state index in [1.165, 1.54) is 18.4 Å². The molecule has 0 saturated carbocycles. The molecule has 1 amide bonds. The quantitative estimate of drug-likeness (QED) is 0.783. The van der Waals surface area contributed by atoms with Crippen molar-refractivity contribution >= 4 is 5.91 Å². The van der Waals surface area contributed by atoms with E-state index in [1.54, 1.807) is 0 Å². The van der Waals surface area contributed by atoms with Crippen LogP contribution < -0.4 is 10.6 Å². The van der Waals surface area contributed by atoms with E-state index < -0.39 is 0 Å². The smallest absolute Gasteiger partial charge is 0.220 e. The zero-order valence-electron chi connectivity index (χ0n) is 12.0. The van der Waals surface area contributed by atoms with Crippen LogP contribution in [0.2, 0.25) is 0 Å². The number of fused-ring (bicyclic) bond motifs is 1. The van der Waals surface area contributed by atoms with Crippen LogP contribution in [0.4, 0.5) is 0 Å². The predicted molar refractivity (Wildman–Crippen MR) is 77.2 cm³/mol. The van der Waals surface area contributed by atoms with Crippen molar-refractivity contribution in [3.8, 4) is 0 Å². The molecule has 0 aromatic carbocycles. The first kappa shape index (κ1) is 13.6. The first-order chi connectivity index (χ1) is 9.83. The fraction of sp³-hybridized carbons (Fsp3) is 0.733. The van der Waals surface area contributed by atoms with Crippen LogP contribution in [-0.4, -0.2) is 29.2 Å². The molecule has 20 heavy (non-hydrogen) atoms. The fourth-order valence-electron chi connectivity index (χ4n) is 3.38. The molecule has 1 unspecified atom stereocenters. The number of nitrogens with zero attached hydrogens (tertiary/aromatic N) is 1. The Morgan fingerprint density at radius 3 is 3.05 bits per heavy atom. The molecule has 1 aliphatic heterocycles. The molecule has 1 saturated heterocycles. The number of rotatable bonds is 4. The number of carbonyl (C=O) groups is 1. The Balaban J connectivity index is 1.47. The number of aromatic nitrogens is 2. The predicted octanol–water partition coefficient (Wildman–Crippen LogP) is 1.68. The van der Waals surface area contributed by atoms with E-state index >= 15 is 0 Å². The molecule has 5 nitrogen and oxygen atoms in total. The van der Waals surface area contributed by atoms with Crippen molar-refractivity contribution in [3.05, 3.63) is 17.5 Å². The third-order valence-electron chi connectivity index (χ3n) is 4.61. The van der Waals surface area contributed by atoms with Gasteiger partial charge in [-0.05, 0) is 63.1 Å². The van der Waals surface area contributed by atoms with Crippen LogP contribution in [0, 0.1) is 5.92 Å². The van der Waals surface area contributed by atoms with Crippen LogP contribution in [-0.2, 0) is 11.2 Å². The summed E-state index contributed by atoms with van der Waals surface area (Å²) in [7, 11) is 0. The molecular formula is C15H24N4O. The van der Waals surface area contributed by atoms with E-state index in [4.69, 9.17) is 0 Å². The summed E-state index contributed by atoms with van der Waals surface area (Å²) in [5.41, 5.74) is 2.38. The van der Waals surface area contributed by atoms with E-state index in [-0.39, 0.29) is 11.9 Å². The Kier molecular flexibility index (Phi) is 4.35. The first-order valence-corrected chi connectivity index (χ1v) is 7.85. The van der Waals surface area contributed by atoms with Gasteiger partial charge in [0.15, 0.2) is 0 Å². The standard InChI is InChI=1S/C15H24N4O/c20-14(5-4-11-6-8-16-9-7-11)18-13-3-1-2-12-10-17-19-15(12)13/h10-11,13,16H,1-9H2,(H,17,19)(H,18,20). The third-order valence-corrected chi connectivity index (χ3v) is 4.61. The van der Waals surface area contributed by atoms with Crippen molar-refractivity contribution in [1.29, 1.82) is 0 Å². The Bertz CT molecular complexity index is 450. The van der Waals surface area contributed by atoms with Gasteiger partial charge in [0.25, 0.3) is 0 Å². The highest BCUT2D eigenvalue weighted by Gasteiger charge is 2.23. The maximum absolute atomic E-state index is 12.1. The summed E-state index contributed by atoms with van der Waals surface area (Å²) in [6, 6.07) is 0.141. The van der Waals surface area contributed by atoms with E-state index in [0.717, 1.165) is 50.4 Å². The van der Waals surface area contributed by atoms with Crippen molar-refractivity contribution in [3.63, 3.8) is 0 Å². The highest BCUT2D eigenvalue weighted by molar-refractivity contribution is 5.76. The van der Waals surface area contributed by atoms with Gasteiger partial charge in [-0.15, -0.1) is 0 Å². The number of hydrogen-bond donors (Lipinski definition) is 3. The second-order valence-electron chi connectivity index (χ2n) is 6.05. The van der Waals surface area contributed by atoms with Crippen molar-refractivity contribution in [2.75, 3.05) is 13.1 Å². The molecule has 5 heteroatoms. The van der Waals surface area contributed by atoms with Gasteiger partial charge in [0, 0.05) is 6.42 Å². The van der Waals surface area contributed by atoms with E-state index in [2.05, 4.69) is 20.8 Å². The highest BCUT2D eigenvalue weighted by Crippen LogP contribution is 2.27. The molecule has 1 aromatic heterocycles. The average Bonchev–Trinajstić information content (AvgIpc) is 2.96. The molecule has 0 bridgehead atoms. The number of amides is 1. The van der Waals surface area contributed by atoms with Crippen LogP contribution in [0.1, 0.15) is 55.8 Å². The third kappa shape index (κ3) is 3.20. The molecular weight excluding hydrogens is 252 g/mol. The topological polar surface area (TPSA) is 69.8 Å². The fourth-order valence-corrected chi connectivity index (χ4v) is 3.38. The van der Waals surface area contributed by atoms with Crippen LogP contribution in [0.15, 0.2) is 6.20 Å². The Hall–Kier alpha value is -1.36.